The minimum Gasteiger partial charge on any atom is -0.364 e. The number of hydrogen-bond donors (Lipinski definition) is 3. The van der Waals surface area contributed by atoms with E-state index in [4.69, 9.17) is 5.73 Å². The van der Waals surface area contributed by atoms with Crippen LogP contribution < -0.4 is 16.4 Å². The number of nitrogens with two attached hydrogens (primary N) is 1. The number of halogens is 1. The molecule has 0 unspecified atom stereocenters. The smallest absolute Gasteiger partial charge is 0.329 e. The minimum absolute atomic E-state index is 0.120. The van der Waals surface area contributed by atoms with Crippen LogP contribution in [0.1, 0.15) is 25.7 Å². The predicted octanol–water partition coefficient (Wildman–Crippen LogP) is 4.07. The number of aromatic nitrogens is 2. The maximum Gasteiger partial charge on any atom is 0.329 e. The summed E-state index contributed by atoms with van der Waals surface area (Å²) in [6.07, 6.45) is 5.63. The van der Waals surface area contributed by atoms with E-state index in [1.165, 1.54) is 6.20 Å². The van der Waals surface area contributed by atoms with E-state index in [0.29, 0.717) is 24.3 Å². The van der Waals surface area contributed by atoms with Crippen LogP contribution in [-0.4, -0.2) is 28.0 Å². The van der Waals surface area contributed by atoms with E-state index >= 15 is 0 Å². The Morgan fingerprint density at radius 2 is 2.00 bits per heavy atom. The quantitative estimate of drug-likeness (QED) is 0.443. The maximum absolute atomic E-state index is 11.3. The third-order valence-corrected chi connectivity index (χ3v) is 5.40. The second kappa shape index (κ2) is 9.09. The van der Waals surface area contributed by atoms with Crippen molar-refractivity contribution in [1.82, 2.24) is 9.97 Å². The van der Waals surface area contributed by atoms with Gasteiger partial charge in [-0.15, -0.1) is 0 Å². The molecule has 3 rings (SSSR count). The summed E-state index contributed by atoms with van der Waals surface area (Å²) in [6.45, 7) is 1.40. The van der Waals surface area contributed by atoms with Gasteiger partial charge in [0.1, 0.15) is 6.20 Å². The molecule has 1 aliphatic carbocycles. The van der Waals surface area contributed by atoms with Gasteiger partial charge in [0.15, 0.2) is 0 Å². The van der Waals surface area contributed by atoms with Crippen LogP contribution in [0.4, 0.5) is 23.1 Å². The summed E-state index contributed by atoms with van der Waals surface area (Å²) in [6, 6.07) is 7.55. The highest BCUT2D eigenvalue weighted by molar-refractivity contribution is 9.10. The molecule has 0 spiro atoms. The van der Waals surface area contributed by atoms with Crippen molar-refractivity contribution in [2.75, 3.05) is 23.7 Å². The van der Waals surface area contributed by atoms with E-state index in [9.17, 15) is 10.1 Å². The molecule has 27 heavy (non-hydrogen) atoms. The lowest BCUT2D eigenvalue weighted by Crippen LogP contribution is -2.25. The van der Waals surface area contributed by atoms with E-state index in [-0.39, 0.29) is 11.5 Å². The number of nitrogens with zero attached hydrogens (tertiary/aromatic N) is 3. The van der Waals surface area contributed by atoms with Gasteiger partial charge in [-0.3, -0.25) is 10.1 Å². The zero-order chi connectivity index (χ0) is 19.2. The first-order valence-electron chi connectivity index (χ1n) is 9.03. The molecule has 2 aromatic rings. The molecule has 0 amide bonds. The number of rotatable bonds is 7. The monoisotopic (exact) mass is 434 g/mol. The molecule has 1 fully saturated rings. The van der Waals surface area contributed by atoms with Crippen LogP contribution in [-0.2, 0) is 0 Å². The zero-order valence-electron chi connectivity index (χ0n) is 14.9. The van der Waals surface area contributed by atoms with Crippen molar-refractivity contribution < 1.29 is 4.92 Å². The van der Waals surface area contributed by atoms with Crippen molar-refractivity contribution in [3.05, 3.63) is 45.0 Å². The number of benzene rings is 1. The van der Waals surface area contributed by atoms with E-state index in [1.54, 1.807) is 0 Å². The first-order chi connectivity index (χ1) is 13.0. The molecular formula is C18H23BrN6O2. The normalized spacial score (nSPS) is 19.5. The summed E-state index contributed by atoms with van der Waals surface area (Å²) in [4.78, 5) is 19.2. The fourth-order valence-corrected chi connectivity index (χ4v) is 3.71. The van der Waals surface area contributed by atoms with E-state index in [0.717, 1.165) is 42.4 Å². The number of anilines is 3. The van der Waals surface area contributed by atoms with Crippen LogP contribution in [0.2, 0.25) is 0 Å². The van der Waals surface area contributed by atoms with Gasteiger partial charge in [-0.2, -0.15) is 4.98 Å². The SMILES string of the molecule is NCC1CCC(CNc2nc(Nc3cccc(Br)c3)ncc2[N+](=O)[O-])CC1. The maximum atomic E-state index is 11.3. The molecule has 0 atom stereocenters. The Morgan fingerprint density at radius 1 is 1.26 bits per heavy atom. The summed E-state index contributed by atoms with van der Waals surface area (Å²) in [7, 11) is 0. The van der Waals surface area contributed by atoms with Crippen molar-refractivity contribution in [3.63, 3.8) is 0 Å². The highest BCUT2D eigenvalue weighted by atomic mass is 79.9. The molecule has 4 N–H and O–H groups in total. The van der Waals surface area contributed by atoms with E-state index in [1.807, 2.05) is 24.3 Å². The van der Waals surface area contributed by atoms with Crippen LogP contribution in [0.3, 0.4) is 0 Å². The Balaban J connectivity index is 1.69. The molecule has 8 nitrogen and oxygen atoms in total. The number of nitrogens with one attached hydrogen (secondary N) is 2. The molecule has 1 aliphatic rings. The van der Waals surface area contributed by atoms with Crippen LogP contribution in [0.15, 0.2) is 34.9 Å². The van der Waals surface area contributed by atoms with Gasteiger partial charge in [-0.1, -0.05) is 22.0 Å². The molecule has 9 heteroatoms. The first-order valence-corrected chi connectivity index (χ1v) is 9.82. The van der Waals surface area contributed by atoms with E-state index < -0.39 is 4.92 Å². The van der Waals surface area contributed by atoms with Gasteiger partial charge in [0, 0.05) is 16.7 Å². The number of hydrogen-bond acceptors (Lipinski definition) is 7. The van der Waals surface area contributed by atoms with Crippen LogP contribution in [0, 0.1) is 22.0 Å². The molecule has 0 bridgehead atoms. The van der Waals surface area contributed by atoms with Crippen molar-refractivity contribution >= 4 is 39.1 Å². The average Bonchev–Trinajstić information content (AvgIpc) is 2.66. The highest BCUT2D eigenvalue weighted by Crippen LogP contribution is 2.30. The summed E-state index contributed by atoms with van der Waals surface area (Å²) >= 11 is 3.41. The van der Waals surface area contributed by atoms with Crippen LogP contribution in [0.25, 0.3) is 0 Å². The molecule has 144 valence electrons. The summed E-state index contributed by atoms with van der Waals surface area (Å²) in [5, 5.41) is 17.5. The lowest BCUT2D eigenvalue weighted by molar-refractivity contribution is -0.384. The van der Waals surface area contributed by atoms with Gasteiger partial charge < -0.3 is 16.4 Å². The molecule has 1 aromatic carbocycles. The third kappa shape index (κ3) is 5.36. The Labute approximate surface area is 166 Å². The lowest BCUT2D eigenvalue weighted by atomic mass is 9.82. The van der Waals surface area contributed by atoms with Crippen molar-refractivity contribution in [2.45, 2.75) is 25.7 Å². The Kier molecular flexibility index (Phi) is 6.57. The molecule has 0 aliphatic heterocycles. The standard InChI is InChI=1S/C18H23BrN6O2/c19-14-2-1-3-15(8-14)23-18-22-11-16(25(26)27)17(24-18)21-10-13-6-4-12(9-20)5-7-13/h1-3,8,11-13H,4-7,9-10,20H2,(H2,21,22,23,24). The summed E-state index contributed by atoms with van der Waals surface area (Å²) < 4.78 is 0.917. The van der Waals surface area contributed by atoms with E-state index in [2.05, 4.69) is 36.5 Å². The molecule has 1 aromatic heterocycles. The van der Waals surface area contributed by atoms with Crippen LogP contribution in [0.5, 0.6) is 0 Å². The molecule has 0 saturated heterocycles. The van der Waals surface area contributed by atoms with Gasteiger partial charge >= 0.3 is 5.69 Å². The minimum atomic E-state index is -0.462. The van der Waals surface area contributed by atoms with Gasteiger partial charge in [0.05, 0.1) is 4.92 Å². The Bertz CT molecular complexity index is 795. The molecule has 1 saturated carbocycles. The van der Waals surface area contributed by atoms with Crippen molar-refractivity contribution in [3.8, 4) is 0 Å². The summed E-state index contributed by atoms with van der Waals surface area (Å²) in [5.74, 6) is 1.64. The fourth-order valence-electron chi connectivity index (χ4n) is 3.31. The Hall–Kier alpha value is -2.26. The zero-order valence-corrected chi connectivity index (χ0v) is 16.5. The Morgan fingerprint density at radius 3 is 2.67 bits per heavy atom. The second-order valence-corrected chi connectivity index (χ2v) is 7.74. The second-order valence-electron chi connectivity index (χ2n) is 6.82. The molecule has 1 heterocycles. The van der Waals surface area contributed by atoms with Gasteiger partial charge in [0.25, 0.3) is 0 Å². The lowest BCUT2D eigenvalue weighted by Gasteiger charge is -2.27. The van der Waals surface area contributed by atoms with Crippen LogP contribution >= 0.6 is 15.9 Å². The van der Waals surface area contributed by atoms with Gasteiger partial charge in [-0.25, -0.2) is 4.98 Å². The largest absolute Gasteiger partial charge is 0.364 e. The predicted molar refractivity (Wildman–Crippen MR) is 109 cm³/mol. The average molecular weight is 435 g/mol. The molecule has 0 radical (unpaired) electrons. The van der Waals surface area contributed by atoms with Crippen molar-refractivity contribution in [2.24, 2.45) is 17.6 Å². The third-order valence-electron chi connectivity index (χ3n) is 4.90. The summed E-state index contributed by atoms with van der Waals surface area (Å²) in [5.41, 5.74) is 6.41. The first kappa shape index (κ1) is 19.5. The fraction of sp³-hybridized carbons (Fsp3) is 0.444. The molecular weight excluding hydrogens is 412 g/mol. The topological polar surface area (TPSA) is 119 Å². The highest BCUT2D eigenvalue weighted by Gasteiger charge is 2.22. The van der Waals surface area contributed by atoms with Gasteiger partial charge in [-0.05, 0) is 62.3 Å². The number of nitro groups is 1. The van der Waals surface area contributed by atoms with Gasteiger partial charge in [0.2, 0.25) is 11.8 Å². The van der Waals surface area contributed by atoms with Crippen molar-refractivity contribution in [1.29, 1.82) is 0 Å².